The maximum Gasteiger partial charge on any atom is 0.277 e. The minimum absolute atomic E-state index is 0.210. The Morgan fingerprint density at radius 3 is 2.45 bits per heavy atom. The highest BCUT2D eigenvalue weighted by atomic mass is 35.5. The van der Waals surface area contributed by atoms with Gasteiger partial charge in [-0.05, 0) is 48.2 Å². The lowest BCUT2D eigenvalue weighted by Crippen LogP contribution is -2.34. The molecule has 8 heteroatoms. The Labute approximate surface area is 230 Å². The molecule has 2 aromatic heterocycles. The summed E-state index contributed by atoms with van der Waals surface area (Å²) in [6.07, 6.45) is 2.74. The smallest absolute Gasteiger partial charge is 0.277 e. The summed E-state index contributed by atoms with van der Waals surface area (Å²) < 4.78 is 3.78. The van der Waals surface area contributed by atoms with Gasteiger partial charge in [0.15, 0.2) is 0 Å². The lowest BCUT2D eigenvalue weighted by Gasteiger charge is -2.18. The van der Waals surface area contributed by atoms with Crippen molar-refractivity contribution in [3.63, 3.8) is 0 Å². The van der Waals surface area contributed by atoms with E-state index in [0.29, 0.717) is 51.3 Å². The first-order chi connectivity index (χ1) is 18.2. The second-order valence-corrected chi connectivity index (χ2v) is 10.8. The van der Waals surface area contributed by atoms with Crippen LogP contribution in [-0.2, 0) is 13.1 Å². The van der Waals surface area contributed by atoms with Crippen LogP contribution in [0.4, 0.5) is 0 Å². The van der Waals surface area contributed by atoms with Crippen LogP contribution in [-0.4, -0.2) is 20.2 Å². The summed E-state index contributed by atoms with van der Waals surface area (Å²) >= 11 is 12.7. The van der Waals surface area contributed by atoms with E-state index in [2.05, 4.69) is 24.5 Å². The summed E-state index contributed by atoms with van der Waals surface area (Å²) in [5, 5.41) is 10.8. The third-order valence-electron chi connectivity index (χ3n) is 6.66. The van der Waals surface area contributed by atoms with Gasteiger partial charge in [0, 0.05) is 41.8 Å². The highest BCUT2D eigenvalue weighted by Crippen LogP contribution is 2.32. The van der Waals surface area contributed by atoms with Crippen LogP contribution < -0.4 is 11.3 Å². The third-order valence-corrected chi connectivity index (χ3v) is 7.38. The number of nitriles is 1. The molecule has 192 valence electrons. The molecule has 2 N–H and O–H groups in total. The number of benzene rings is 3. The van der Waals surface area contributed by atoms with Crippen LogP contribution in [0.15, 0.2) is 71.7 Å². The van der Waals surface area contributed by atoms with E-state index in [-0.39, 0.29) is 11.6 Å². The Hall–Kier alpha value is -3.63. The van der Waals surface area contributed by atoms with E-state index >= 15 is 0 Å². The van der Waals surface area contributed by atoms with Crippen molar-refractivity contribution in [2.45, 2.75) is 39.4 Å². The molecular formula is C30H27Cl2N5O. The number of aromatic nitrogens is 3. The summed E-state index contributed by atoms with van der Waals surface area (Å²) in [6, 6.07) is 20.8. The monoisotopic (exact) mass is 543 g/mol. The first kappa shape index (κ1) is 26.0. The normalized spacial score (nSPS) is 12.3. The average molecular weight is 544 g/mol. The average Bonchev–Trinajstić information content (AvgIpc) is 3.25. The maximum absolute atomic E-state index is 14.0. The van der Waals surface area contributed by atoms with Crippen molar-refractivity contribution in [1.29, 1.82) is 5.26 Å². The summed E-state index contributed by atoms with van der Waals surface area (Å²) in [5.41, 5.74) is 11.1. The van der Waals surface area contributed by atoms with Gasteiger partial charge >= 0.3 is 0 Å². The maximum atomic E-state index is 14.0. The molecular weight excluding hydrogens is 517 g/mol. The van der Waals surface area contributed by atoms with E-state index < -0.39 is 0 Å². The van der Waals surface area contributed by atoms with Gasteiger partial charge in [-0.15, -0.1) is 0 Å². The molecule has 3 aromatic carbocycles. The summed E-state index contributed by atoms with van der Waals surface area (Å²) in [7, 11) is 0. The van der Waals surface area contributed by atoms with Crippen molar-refractivity contribution < 1.29 is 0 Å². The SMILES string of the molecule is CC(C)CC(N)Cn1c(=O)c(-c2cn(Cc3ccc(C#N)cc3)c3ccccc23)nc2cc(Cl)c(Cl)cc21. The Morgan fingerprint density at radius 2 is 1.74 bits per heavy atom. The lowest BCUT2D eigenvalue weighted by molar-refractivity contribution is 0.447. The molecule has 38 heavy (non-hydrogen) atoms. The zero-order valence-corrected chi connectivity index (χ0v) is 22.7. The number of nitrogens with zero attached hydrogens (tertiary/aromatic N) is 4. The van der Waals surface area contributed by atoms with E-state index in [9.17, 15) is 4.79 Å². The standard InChI is InChI=1S/C30H27Cl2N5O/c1-18(2)11-21(34)16-37-28-13-25(32)24(31)12-26(28)35-29(30(37)38)23-17-36(27-6-4-3-5-22(23)27)15-20-9-7-19(14-33)8-10-20/h3-10,12-13,17-18,21H,11,15-16,34H2,1-2H3. The molecule has 0 aliphatic heterocycles. The van der Waals surface area contributed by atoms with Crippen molar-refractivity contribution in [3.05, 3.63) is 98.4 Å². The van der Waals surface area contributed by atoms with Crippen LogP contribution in [0.1, 0.15) is 31.4 Å². The fourth-order valence-corrected chi connectivity index (χ4v) is 5.27. The number of hydrogen-bond acceptors (Lipinski definition) is 4. The Kier molecular flexibility index (Phi) is 7.27. The minimum Gasteiger partial charge on any atom is -0.342 e. The number of hydrogen-bond donors (Lipinski definition) is 1. The number of halogens is 2. The van der Waals surface area contributed by atoms with Crippen molar-refractivity contribution in [2.24, 2.45) is 11.7 Å². The Morgan fingerprint density at radius 1 is 1.03 bits per heavy atom. The molecule has 0 radical (unpaired) electrons. The lowest BCUT2D eigenvalue weighted by atomic mass is 10.0. The summed E-state index contributed by atoms with van der Waals surface area (Å²) in [4.78, 5) is 18.8. The van der Waals surface area contributed by atoms with Gasteiger partial charge in [-0.2, -0.15) is 5.26 Å². The largest absolute Gasteiger partial charge is 0.342 e. The van der Waals surface area contributed by atoms with Crippen molar-refractivity contribution in [2.75, 3.05) is 0 Å². The first-order valence-electron chi connectivity index (χ1n) is 12.5. The van der Waals surface area contributed by atoms with Gasteiger partial charge in [0.05, 0.1) is 32.7 Å². The molecule has 0 fully saturated rings. The molecule has 1 atom stereocenters. The van der Waals surface area contributed by atoms with Gasteiger partial charge < -0.3 is 14.9 Å². The highest BCUT2D eigenvalue weighted by Gasteiger charge is 2.20. The van der Waals surface area contributed by atoms with Crippen molar-refractivity contribution >= 4 is 45.1 Å². The molecule has 0 aliphatic rings. The number of para-hydroxylation sites is 1. The highest BCUT2D eigenvalue weighted by molar-refractivity contribution is 6.42. The number of fused-ring (bicyclic) bond motifs is 2. The molecule has 0 saturated heterocycles. The van der Waals surface area contributed by atoms with E-state index in [1.807, 2.05) is 42.6 Å². The van der Waals surface area contributed by atoms with E-state index in [0.717, 1.165) is 28.5 Å². The molecule has 0 amide bonds. The third kappa shape index (κ3) is 5.06. The van der Waals surface area contributed by atoms with Gasteiger partial charge in [-0.25, -0.2) is 4.98 Å². The predicted molar refractivity (Wildman–Crippen MR) is 155 cm³/mol. The van der Waals surface area contributed by atoms with Gasteiger partial charge in [0.25, 0.3) is 5.56 Å². The van der Waals surface area contributed by atoms with Crippen LogP contribution in [0.5, 0.6) is 0 Å². The Balaban J connectivity index is 1.69. The molecule has 2 heterocycles. The van der Waals surface area contributed by atoms with Crippen LogP contribution in [0, 0.1) is 17.2 Å². The molecule has 5 rings (SSSR count). The van der Waals surface area contributed by atoms with Crippen LogP contribution >= 0.6 is 23.2 Å². The Bertz CT molecular complexity index is 1750. The van der Waals surface area contributed by atoms with Crippen LogP contribution in [0.2, 0.25) is 10.0 Å². The van der Waals surface area contributed by atoms with Gasteiger partial charge in [-0.3, -0.25) is 4.79 Å². The topological polar surface area (TPSA) is 89.6 Å². The zero-order chi connectivity index (χ0) is 27.0. The quantitative estimate of drug-likeness (QED) is 0.249. The van der Waals surface area contributed by atoms with Crippen molar-refractivity contribution in [1.82, 2.24) is 14.1 Å². The second kappa shape index (κ2) is 10.6. The molecule has 0 spiro atoms. The second-order valence-electron chi connectivity index (χ2n) is 10.0. The van der Waals surface area contributed by atoms with Gasteiger partial charge in [0.2, 0.25) is 0 Å². The van der Waals surface area contributed by atoms with Crippen LogP contribution in [0.25, 0.3) is 33.2 Å². The fourth-order valence-electron chi connectivity index (χ4n) is 4.96. The molecule has 1 unspecified atom stereocenters. The van der Waals surface area contributed by atoms with E-state index in [4.69, 9.17) is 39.2 Å². The first-order valence-corrected chi connectivity index (χ1v) is 13.2. The van der Waals surface area contributed by atoms with E-state index in [1.165, 1.54) is 0 Å². The number of nitrogens with two attached hydrogens (primary N) is 1. The number of rotatable bonds is 7. The summed E-state index contributed by atoms with van der Waals surface area (Å²) in [5.74, 6) is 0.395. The minimum atomic E-state index is -0.226. The zero-order valence-electron chi connectivity index (χ0n) is 21.2. The molecule has 0 saturated carbocycles. The van der Waals surface area contributed by atoms with Crippen LogP contribution in [0.3, 0.4) is 0 Å². The molecule has 6 nitrogen and oxygen atoms in total. The summed E-state index contributed by atoms with van der Waals surface area (Å²) in [6.45, 7) is 5.13. The predicted octanol–water partition coefficient (Wildman–Crippen LogP) is 6.62. The van der Waals surface area contributed by atoms with Crippen molar-refractivity contribution in [3.8, 4) is 17.3 Å². The van der Waals surface area contributed by atoms with Gasteiger partial charge in [-0.1, -0.05) is 67.4 Å². The fraction of sp³-hybridized carbons (Fsp3) is 0.233. The van der Waals surface area contributed by atoms with Gasteiger partial charge in [0.1, 0.15) is 5.69 Å². The molecule has 5 aromatic rings. The van der Waals surface area contributed by atoms with E-state index in [1.54, 1.807) is 28.8 Å². The molecule has 0 bridgehead atoms. The molecule has 0 aliphatic carbocycles.